The summed E-state index contributed by atoms with van der Waals surface area (Å²) in [6, 6.07) is 12.4. The van der Waals surface area contributed by atoms with E-state index in [1.54, 1.807) is 49.5 Å². The van der Waals surface area contributed by atoms with E-state index in [-0.39, 0.29) is 5.76 Å². The van der Waals surface area contributed by atoms with Crippen LogP contribution in [0.2, 0.25) is 5.02 Å². The third kappa shape index (κ3) is 3.94. The van der Waals surface area contributed by atoms with Crippen molar-refractivity contribution in [3.05, 3.63) is 71.2 Å². The molecule has 9 heteroatoms. The molecule has 2 N–H and O–H groups in total. The molecular weight excluding hydrogens is 402 g/mol. The van der Waals surface area contributed by atoms with Crippen LogP contribution < -0.4 is 5.73 Å². The predicted octanol–water partition coefficient (Wildman–Crippen LogP) is 3.31. The predicted molar refractivity (Wildman–Crippen MR) is 107 cm³/mol. The van der Waals surface area contributed by atoms with Crippen LogP contribution in [0.4, 0.5) is 0 Å². The Morgan fingerprint density at radius 2 is 2.07 bits per heavy atom. The van der Waals surface area contributed by atoms with Gasteiger partial charge in [0, 0.05) is 22.2 Å². The van der Waals surface area contributed by atoms with Crippen molar-refractivity contribution in [2.75, 3.05) is 7.11 Å². The lowest BCUT2D eigenvalue weighted by atomic mass is 10.1. The van der Waals surface area contributed by atoms with Crippen LogP contribution in [0.25, 0.3) is 10.9 Å². The van der Waals surface area contributed by atoms with E-state index in [4.69, 9.17) is 22.1 Å². The lowest BCUT2D eigenvalue weighted by molar-refractivity contribution is -0.141. The number of ether oxygens (including phenoxy) is 2. The van der Waals surface area contributed by atoms with E-state index in [2.05, 4.69) is 9.84 Å². The maximum atomic E-state index is 12.9. The van der Waals surface area contributed by atoms with Crippen LogP contribution in [0.3, 0.4) is 0 Å². The topological polar surface area (TPSA) is 102 Å². The van der Waals surface area contributed by atoms with Crippen molar-refractivity contribution in [2.24, 2.45) is 5.73 Å². The number of hydrogen-bond donors (Lipinski definition) is 1. The fourth-order valence-electron chi connectivity index (χ4n) is 2.71. The Balaban J connectivity index is 2.01. The number of nitrogens with zero attached hydrogens (tertiary/aromatic N) is 2. The van der Waals surface area contributed by atoms with Crippen LogP contribution in [0.5, 0.6) is 0 Å². The summed E-state index contributed by atoms with van der Waals surface area (Å²) in [5, 5.41) is 5.39. The van der Waals surface area contributed by atoms with Crippen molar-refractivity contribution in [1.29, 1.82) is 0 Å². The number of fused-ring (bicyclic) bond motifs is 1. The lowest BCUT2D eigenvalue weighted by Crippen LogP contribution is -2.14. The zero-order valence-corrected chi connectivity index (χ0v) is 16.7. The molecule has 1 heterocycles. The van der Waals surface area contributed by atoms with E-state index in [1.165, 1.54) is 11.2 Å². The van der Waals surface area contributed by atoms with Crippen LogP contribution in [0.15, 0.2) is 65.5 Å². The van der Waals surface area contributed by atoms with Gasteiger partial charge in [-0.3, -0.25) is 0 Å². The molecule has 28 heavy (non-hydrogen) atoms. The molecule has 0 aliphatic carbocycles. The molecule has 2 atom stereocenters. The number of esters is 1. The van der Waals surface area contributed by atoms with E-state index < -0.39 is 23.4 Å². The molecule has 3 rings (SSSR count). The van der Waals surface area contributed by atoms with Gasteiger partial charge in [0.1, 0.15) is 23.0 Å². The number of nitrogens with two attached hydrogens (primary N) is 1. The van der Waals surface area contributed by atoms with Gasteiger partial charge in [0.25, 0.3) is 0 Å². The smallest absolute Gasteiger partial charge is 0.374 e. The largest absolute Gasteiger partial charge is 0.586 e. The molecule has 0 saturated heterocycles. The minimum Gasteiger partial charge on any atom is -0.586 e. The van der Waals surface area contributed by atoms with Gasteiger partial charge in [-0.15, -0.1) is 5.10 Å². The van der Waals surface area contributed by atoms with Gasteiger partial charge in [0.05, 0.1) is 13.3 Å². The molecule has 3 aromatic rings. The quantitative estimate of drug-likeness (QED) is 0.284. The number of carbonyl (C=O) groups is 1. The Kier molecular flexibility index (Phi) is 6.13. The molecule has 2 unspecified atom stereocenters. The van der Waals surface area contributed by atoms with E-state index >= 15 is 0 Å². The molecule has 7 nitrogen and oxygen atoms in total. The Morgan fingerprint density at radius 1 is 1.36 bits per heavy atom. The first-order valence-corrected chi connectivity index (χ1v) is 9.76. The zero-order valence-electron chi connectivity index (χ0n) is 15.2. The van der Waals surface area contributed by atoms with Gasteiger partial charge >= 0.3 is 5.97 Å². The van der Waals surface area contributed by atoms with Gasteiger partial charge in [0.2, 0.25) is 5.76 Å². The van der Waals surface area contributed by atoms with Crippen molar-refractivity contribution in [2.45, 2.75) is 17.9 Å². The number of methoxy groups -OCH3 is 1. The summed E-state index contributed by atoms with van der Waals surface area (Å²) in [7, 11) is 1.24. The van der Waals surface area contributed by atoms with Crippen LogP contribution in [-0.2, 0) is 25.6 Å². The normalized spacial score (nSPS) is 13.9. The summed E-state index contributed by atoms with van der Waals surface area (Å²) in [5.41, 5.74) is 6.70. The minimum absolute atomic E-state index is 0.122. The third-order valence-corrected chi connectivity index (χ3v) is 5.53. The second-order valence-corrected chi connectivity index (χ2v) is 7.54. The standard InChI is InChI=1S/C19H18ClN3O4S/c1-12(27-18(10-21)19(24)26-2)15-8-13(20)9-17-16(15)11-22-23(17)28(25)14-6-4-3-5-7-14/h3-12H,21H2,1-2H3/b18-10-. The number of carbonyl (C=O) groups excluding carboxylic acids is 1. The summed E-state index contributed by atoms with van der Waals surface area (Å²) in [6.07, 6.45) is 2.04. The van der Waals surface area contributed by atoms with Crippen molar-refractivity contribution in [1.82, 2.24) is 9.19 Å². The summed E-state index contributed by atoms with van der Waals surface area (Å²) in [6.45, 7) is 1.74. The maximum Gasteiger partial charge on any atom is 0.374 e. The fourth-order valence-corrected chi connectivity index (χ4v) is 3.98. The van der Waals surface area contributed by atoms with Crippen molar-refractivity contribution >= 4 is 39.8 Å². The first kappa shape index (κ1) is 20.1. The molecule has 0 saturated carbocycles. The maximum absolute atomic E-state index is 12.9. The molecule has 0 spiro atoms. The summed E-state index contributed by atoms with van der Waals surface area (Å²) < 4.78 is 24.6. The average Bonchev–Trinajstić information content (AvgIpc) is 3.14. The highest BCUT2D eigenvalue weighted by Crippen LogP contribution is 2.32. The number of benzene rings is 2. The molecule has 0 amide bonds. The highest BCUT2D eigenvalue weighted by Gasteiger charge is 2.23. The van der Waals surface area contributed by atoms with Crippen LogP contribution in [0, 0.1) is 0 Å². The fraction of sp³-hybridized carbons (Fsp3) is 0.158. The molecule has 0 aliphatic rings. The van der Waals surface area contributed by atoms with Crippen molar-refractivity contribution < 1.29 is 18.8 Å². The summed E-state index contributed by atoms with van der Waals surface area (Å²) in [4.78, 5) is 12.3. The molecule has 0 fully saturated rings. The van der Waals surface area contributed by atoms with E-state index in [0.29, 0.717) is 26.4 Å². The number of rotatable bonds is 6. The van der Waals surface area contributed by atoms with Gasteiger partial charge in [-0.05, 0) is 31.2 Å². The number of halogens is 1. The van der Waals surface area contributed by atoms with Gasteiger partial charge in [-0.2, -0.15) is 0 Å². The molecular formula is C19H18ClN3O4S. The van der Waals surface area contributed by atoms with E-state index in [1.807, 2.05) is 6.07 Å². The second kappa shape index (κ2) is 8.55. The van der Waals surface area contributed by atoms with Crippen molar-refractivity contribution in [3.8, 4) is 0 Å². The summed E-state index contributed by atoms with van der Waals surface area (Å²) in [5.74, 6) is -0.808. The van der Waals surface area contributed by atoms with E-state index in [0.717, 1.165) is 6.20 Å². The first-order valence-electron chi connectivity index (χ1n) is 8.27. The third-order valence-electron chi connectivity index (χ3n) is 4.03. The van der Waals surface area contributed by atoms with Gasteiger partial charge in [-0.25, -0.2) is 4.79 Å². The van der Waals surface area contributed by atoms with Gasteiger partial charge in [-0.1, -0.05) is 33.9 Å². The second-order valence-electron chi connectivity index (χ2n) is 5.79. The lowest BCUT2D eigenvalue weighted by Gasteiger charge is -2.17. The zero-order chi connectivity index (χ0) is 20.3. The van der Waals surface area contributed by atoms with Crippen LogP contribution >= 0.6 is 11.6 Å². The van der Waals surface area contributed by atoms with Gasteiger partial charge in [0.15, 0.2) is 4.90 Å². The highest BCUT2D eigenvalue weighted by atomic mass is 35.5. The Hall–Kier alpha value is -2.68. The number of aromatic nitrogens is 2. The highest BCUT2D eigenvalue weighted by molar-refractivity contribution is 7.90. The summed E-state index contributed by atoms with van der Waals surface area (Å²) >= 11 is 4.74. The molecule has 0 aliphatic heterocycles. The van der Waals surface area contributed by atoms with Crippen LogP contribution in [-0.4, -0.2) is 26.8 Å². The molecule has 0 bridgehead atoms. The molecule has 2 aromatic carbocycles. The number of hydrogen-bond acceptors (Lipinski definition) is 6. The Labute approximate surface area is 170 Å². The SMILES string of the molecule is COC(=O)/C(=C/N)OC(C)c1cc(Cl)cc2c1cnn2[S+]([O-])c1ccccc1. The molecule has 146 valence electrons. The van der Waals surface area contributed by atoms with E-state index in [9.17, 15) is 9.35 Å². The first-order chi connectivity index (χ1) is 13.5. The Bertz CT molecular complexity index is 1020. The monoisotopic (exact) mass is 419 g/mol. The van der Waals surface area contributed by atoms with Crippen LogP contribution in [0.1, 0.15) is 18.6 Å². The Morgan fingerprint density at radius 3 is 2.71 bits per heavy atom. The molecule has 0 radical (unpaired) electrons. The minimum atomic E-state index is -1.54. The van der Waals surface area contributed by atoms with Gasteiger partial charge < -0.3 is 19.8 Å². The van der Waals surface area contributed by atoms with Crippen molar-refractivity contribution in [3.63, 3.8) is 0 Å². The molecule has 1 aromatic heterocycles. The average molecular weight is 420 g/mol.